The molecule has 0 amide bonds. The maximum Gasteiger partial charge on any atom is 0.335 e. The van der Waals surface area contributed by atoms with Crippen molar-refractivity contribution in [1.82, 2.24) is 5.32 Å². The van der Waals surface area contributed by atoms with E-state index in [1.165, 1.54) is 12.8 Å². The monoisotopic (exact) mass is 235 g/mol. The molecule has 0 heterocycles. The Morgan fingerprint density at radius 1 is 1.24 bits per heavy atom. The molecule has 0 aromatic heterocycles. The van der Waals surface area contributed by atoms with E-state index < -0.39 is 5.97 Å². The fraction of sp³-hybridized carbons (Fsp3) is 0.500. The summed E-state index contributed by atoms with van der Waals surface area (Å²) in [6.07, 6.45) is 2.39. The van der Waals surface area contributed by atoms with E-state index in [-0.39, 0.29) is 0 Å². The molecular weight excluding hydrogens is 214 g/mol. The quantitative estimate of drug-likeness (QED) is 0.764. The van der Waals surface area contributed by atoms with E-state index in [0.29, 0.717) is 5.56 Å². The van der Waals surface area contributed by atoms with Crippen molar-refractivity contribution in [3.8, 4) is 0 Å². The van der Waals surface area contributed by atoms with Gasteiger partial charge in [-0.2, -0.15) is 0 Å². The van der Waals surface area contributed by atoms with Crippen molar-refractivity contribution in [2.24, 2.45) is 5.92 Å². The van der Waals surface area contributed by atoms with Gasteiger partial charge in [0.1, 0.15) is 0 Å². The van der Waals surface area contributed by atoms with E-state index in [2.05, 4.69) is 19.2 Å². The summed E-state index contributed by atoms with van der Waals surface area (Å²) in [6.45, 7) is 6.24. The first kappa shape index (κ1) is 13.7. The van der Waals surface area contributed by atoms with Crippen molar-refractivity contribution in [2.45, 2.75) is 33.2 Å². The van der Waals surface area contributed by atoms with Gasteiger partial charge in [0.25, 0.3) is 0 Å². The average molecular weight is 235 g/mol. The lowest BCUT2D eigenvalue weighted by atomic mass is 10.0. The summed E-state index contributed by atoms with van der Waals surface area (Å²) in [4.78, 5) is 10.7. The Morgan fingerprint density at radius 3 is 2.29 bits per heavy atom. The summed E-state index contributed by atoms with van der Waals surface area (Å²) in [5.74, 6) is -0.144. The molecule has 1 aromatic rings. The summed E-state index contributed by atoms with van der Waals surface area (Å²) in [5, 5.41) is 12.2. The lowest BCUT2D eigenvalue weighted by Gasteiger charge is -2.13. The minimum absolute atomic E-state index is 0.341. The summed E-state index contributed by atoms with van der Waals surface area (Å²) in [6, 6.07) is 7.03. The molecule has 0 saturated heterocycles. The van der Waals surface area contributed by atoms with Crippen molar-refractivity contribution in [1.29, 1.82) is 0 Å². The third kappa shape index (κ3) is 4.57. The topological polar surface area (TPSA) is 49.3 Å². The van der Waals surface area contributed by atoms with Crippen molar-refractivity contribution in [3.05, 3.63) is 35.4 Å². The highest BCUT2D eigenvalue weighted by Crippen LogP contribution is 2.07. The number of rotatable bonds is 7. The van der Waals surface area contributed by atoms with E-state index in [0.717, 1.165) is 24.6 Å². The fourth-order valence-corrected chi connectivity index (χ4v) is 1.76. The second kappa shape index (κ2) is 7.07. The molecule has 2 N–H and O–H groups in total. The average Bonchev–Trinajstić information content (AvgIpc) is 2.35. The van der Waals surface area contributed by atoms with Gasteiger partial charge < -0.3 is 10.4 Å². The van der Waals surface area contributed by atoms with Crippen molar-refractivity contribution >= 4 is 5.97 Å². The zero-order valence-corrected chi connectivity index (χ0v) is 10.6. The zero-order valence-electron chi connectivity index (χ0n) is 10.6. The lowest BCUT2D eigenvalue weighted by Crippen LogP contribution is -2.21. The first-order valence-electron chi connectivity index (χ1n) is 6.20. The third-order valence-corrected chi connectivity index (χ3v) is 3.12. The Bertz CT molecular complexity index is 342. The van der Waals surface area contributed by atoms with Crippen LogP contribution in [-0.4, -0.2) is 17.6 Å². The second-order valence-corrected chi connectivity index (χ2v) is 4.32. The first-order chi connectivity index (χ1) is 8.17. The predicted octanol–water partition coefficient (Wildman–Crippen LogP) is 2.91. The van der Waals surface area contributed by atoms with Crippen LogP contribution < -0.4 is 5.32 Å². The minimum Gasteiger partial charge on any atom is -0.478 e. The van der Waals surface area contributed by atoms with Crippen LogP contribution >= 0.6 is 0 Å². The maximum atomic E-state index is 10.7. The fourth-order valence-electron chi connectivity index (χ4n) is 1.76. The van der Waals surface area contributed by atoms with Crippen LogP contribution in [0.3, 0.4) is 0 Å². The SMILES string of the molecule is CCC(CC)CNCc1ccc(C(=O)O)cc1. The molecule has 0 atom stereocenters. The molecule has 0 aliphatic heterocycles. The van der Waals surface area contributed by atoms with Gasteiger partial charge in [-0.1, -0.05) is 38.8 Å². The van der Waals surface area contributed by atoms with Crippen molar-refractivity contribution in [2.75, 3.05) is 6.54 Å². The number of benzene rings is 1. The molecule has 0 aliphatic carbocycles. The number of hydrogen-bond acceptors (Lipinski definition) is 2. The van der Waals surface area contributed by atoms with Crippen LogP contribution in [0.25, 0.3) is 0 Å². The lowest BCUT2D eigenvalue weighted by molar-refractivity contribution is 0.0697. The van der Waals surface area contributed by atoms with Gasteiger partial charge in [-0.3, -0.25) is 0 Å². The largest absolute Gasteiger partial charge is 0.478 e. The van der Waals surface area contributed by atoms with Gasteiger partial charge in [-0.15, -0.1) is 0 Å². The molecule has 17 heavy (non-hydrogen) atoms. The molecule has 3 nitrogen and oxygen atoms in total. The van der Waals surface area contributed by atoms with E-state index in [4.69, 9.17) is 5.11 Å². The predicted molar refractivity (Wildman–Crippen MR) is 69.2 cm³/mol. The summed E-state index contributed by atoms with van der Waals surface area (Å²) < 4.78 is 0. The van der Waals surface area contributed by atoms with Gasteiger partial charge in [0.15, 0.2) is 0 Å². The Morgan fingerprint density at radius 2 is 1.82 bits per heavy atom. The third-order valence-electron chi connectivity index (χ3n) is 3.12. The van der Waals surface area contributed by atoms with E-state index in [1.807, 2.05) is 12.1 Å². The van der Waals surface area contributed by atoms with Crippen LogP contribution in [0.2, 0.25) is 0 Å². The number of carboxylic acid groups (broad SMARTS) is 1. The van der Waals surface area contributed by atoms with Crippen LogP contribution in [0.4, 0.5) is 0 Å². The molecule has 0 aliphatic rings. The maximum absolute atomic E-state index is 10.7. The zero-order chi connectivity index (χ0) is 12.7. The molecule has 0 saturated carbocycles. The van der Waals surface area contributed by atoms with Crippen LogP contribution in [-0.2, 0) is 6.54 Å². The highest BCUT2D eigenvalue weighted by molar-refractivity contribution is 5.87. The van der Waals surface area contributed by atoms with Crippen LogP contribution in [0, 0.1) is 5.92 Å². The summed E-state index contributed by atoms with van der Waals surface area (Å²) in [5.41, 5.74) is 1.47. The summed E-state index contributed by atoms with van der Waals surface area (Å²) >= 11 is 0. The number of carboxylic acids is 1. The Hall–Kier alpha value is -1.35. The summed E-state index contributed by atoms with van der Waals surface area (Å²) in [7, 11) is 0. The van der Waals surface area contributed by atoms with Gasteiger partial charge in [-0.05, 0) is 30.2 Å². The Balaban J connectivity index is 2.39. The molecule has 0 bridgehead atoms. The van der Waals surface area contributed by atoms with Gasteiger partial charge >= 0.3 is 5.97 Å². The molecular formula is C14H21NO2. The Labute approximate surface area is 103 Å². The second-order valence-electron chi connectivity index (χ2n) is 4.32. The number of hydrogen-bond donors (Lipinski definition) is 2. The normalized spacial score (nSPS) is 10.8. The highest BCUT2D eigenvalue weighted by atomic mass is 16.4. The molecule has 0 radical (unpaired) electrons. The number of nitrogens with one attached hydrogen (secondary N) is 1. The molecule has 0 spiro atoms. The molecule has 3 heteroatoms. The molecule has 1 rings (SSSR count). The van der Waals surface area contributed by atoms with Crippen LogP contribution in [0.5, 0.6) is 0 Å². The van der Waals surface area contributed by atoms with E-state index >= 15 is 0 Å². The van der Waals surface area contributed by atoms with Gasteiger partial charge in [0.2, 0.25) is 0 Å². The molecule has 0 fully saturated rings. The number of carbonyl (C=O) groups is 1. The molecule has 0 unspecified atom stereocenters. The first-order valence-corrected chi connectivity index (χ1v) is 6.20. The van der Waals surface area contributed by atoms with Gasteiger partial charge in [0.05, 0.1) is 5.56 Å². The molecule has 1 aromatic carbocycles. The van der Waals surface area contributed by atoms with Crippen LogP contribution in [0.15, 0.2) is 24.3 Å². The van der Waals surface area contributed by atoms with Gasteiger partial charge in [-0.25, -0.2) is 4.79 Å². The minimum atomic E-state index is -0.874. The molecule has 94 valence electrons. The Kier molecular flexibility index (Phi) is 5.70. The van der Waals surface area contributed by atoms with Crippen molar-refractivity contribution in [3.63, 3.8) is 0 Å². The van der Waals surface area contributed by atoms with Crippen molar-refractivity contribution < 1.29 is 9.90 Å². The van der Waals surface area contributed by atoms with Gasteiger partial charge in [0, 0.05) is 6.54 Å². The van der Waals surface area contributed by atoms with E-state index in [1.54, 1.807) is 12.1 Å². The standard InChI is InChI=1S/C14H21NO2/c1-3-11(4-2)9-15-10-12-5-7-13(8-6-12)14(16)17/h5-8,11,15H,3-4,9-10H2,1-2H3,(H,16,17). The van der Waals surface area contributed by atoms with Crippen LogP contribution in [0.1, 0.15) is 42.6 Å². The number of aromatic carboxylic acids is 1. The van der Waals surface area contributed by atoms with E-state index in [9.17, 15) is 4.79 Å². The smallest absolute Gasteiger partial charge is 0.335 e. The highest BCUT2D eigenvalue weighted by Gasteiger charge is 2.03.